The van der Waals surface area contributed by atoms with E-state index in [1.54, 1.807) is 0 Å². The molecule has 0 spiro atoms. The van der Waals surface area contributed by atoms with Crippen LogP contribution >= 0.6 is 23.2 Å². The molecule has 0 saturated carbocycles. The molecule has 2 aromatic carbocycles. The number of rotatable bonds is 3. The summed E-state index contributed by atoms with van der Waals surface area (Å²) >= 11 is 12.6. The lowest BCUT2D eigenvalue weighted by Gasteiger charge is -2.34. The maximum atomic E-state index is 6.41. The highest BCUT2D eigenvalue weighted by molar-refractivity contribution is 6.42. The lowest BCUT2D eigenvalue weighted by atomic mass is 10.0. The molecule has 0 bridgehead atoms. The first kappa shape index (κ1) is 14.7. The molecule has 2 unspecified atom stereocenters. The molecular formula is C17H18Cl2N2. The summed E-state index contributed by atoms with van der Waals surface area (Å²) in [4.78, 5) is 2.37. The van der Waals surface area contributed by atoms with Gasteiger partial charge in [0.25, 0.3) is 0 Å². The van der Waals surface area contributed by atoms with Gasteiger partial charge in [-0.05, 0) is 36.6 Å². The molecule has 2 atom stereocenters. The van der Waals surface area contributed by atoms with Crippen molar-refractivity contribution in [3.8, 4) is 0 Å². The third-order valence-corrected chi connectivity index (χ3v) is 4.99. The summed E-state index contributed by atoms with van der Waals surface area (Å²) in [6.45, 7) is 2.72. The second-order valence-corrected chi connectivity index (χ2v) is 6.27. The molecule has 2 aromatic rings. The van der Waals surface area contributed by atoms with E-state index in [0.717, 1.165) is 12.0 Å². The van der Waals surface area contributed by atoms with Crippen molar-refractivity contribution < 1.29 is 0 Å². The van der Waals surface area contributed by atoms with Crippen LogP contribution in [0, 0.1) is 0 Å². The fourth-order valence-corrected chi connectivity index (χ4v) is 3.67. The molecule has 2 N–H and O–H groups in total. The number of para-hydroxylation sites is 1. The van der Waals surface area contributed by atoms with Crippen LogP contribution in [0.15, 0.2) is 42.5 Å². The molecule has 0 aliphatic carbocycles. The van der Waals surface area contributed by atoms with Crippen molar-refractivity contribution in [3.05, 3.63) is 63.6 Å². The fraction of sp³-hybridized carbons (Fsp3) is 0.294. The number of hydrogen-bond donors (Lipinski definition) is 1. The van der Waals surface area contributed by atoms with E-state index in [0.29, 0.717) is 22.6 Å². The Bertz CT molecular complexity index is 657. The van der Waals surface area contributed by atoms with E-state index in [4.69, 9.17) is 28.9 Å². The number of nitrogens with two attached hydrogens (primary N) is 1. The third-order valence-electron chi connectivity index (χ3n) is 4.16. The Labute approximate surface area is 135 Å². The summed E-state index contributed by atoms with van der Waals surface area (Å²) in [5.74, 6) is 0. The summed E-state index contributed by atoms with van der Waals surface area (Å²) in [7, 11) is 0. The molecule has 21 heavy (non-hydrogen) atoms. The van der Waals surface area contributed by atoms with Crippen LogP contribution in [0.5, 0.6) is 0 Å². The van der Waals surface area contributed by atoms with Crippen molar-refractivity contribution in [3.63, 3.8) is 0 Å². The van der Waals surface area contributed by atoms with Crippen LogP contribution in [0.4, 0.5) is 5.69 Å². The molecule has 4 heteroatoms. The lowest BCUT2D eigenvalue weighted by Crippen LogP contribution is -2.37. The van der Waals surface area contributed by atoms with E-state index in [1.807, 2.05) is 18.2 Å². The average molecular weight is 321 g/mol. The zero-order valence-electron chi connectivity index (χ0n) is 11.9. The Kier molecular flexibility index (Phi) is 4.12. The van der Waals surface area contributed by atoms with Gasteiger partial charge in [-0.25, -0.2) is 0 Å². The topological polar surface area (TPSA) is 29.3 Å². The number of halogens is 2. The molecule has 3 rings (SSSR count). The van der Waals surface area contributed by atoms with E-state index in [1.165, 1.54) is 11.3 Å². The van der Waals surface area contributed by atoms with Gasteiger partial charge in [-0.15, -0.1) is 0 Å². The first-order valence-electron chi connectivity index (χ1n) is 7.13. The van der Waals surface area contributed by atoms with Gasteiger partial charge in [0.2, 0.25) is 0 Å². The van der Waals surface area contributed by atoms with Gasteiger partial charge in [0, 0.05) is 18.3 Å². The molecule has 2 nitrogen and oxygen atoms in total. The van der Waals surface area contributed by atoms with Gasteiger partial charge in [0.1, 0.15) is 0 Å². The summed E-state index contributed by atoms with van der Waals surface area (Å²) in [6, 6.07) is 14.7. The van der Waals surface area contributed by atoms with Gasteiger partial charge in [0.05, 0.1) is 16.1 Å². The average Bonchev–Trinajstić information content (AvgIpc) is 2.81. The minimum Gasteiger partial charge on any atom is -0.360 e. The minimum absolute atomic E-state index is 0.0369. The summed E-state index contributed by atoms with van der Waals surface area (Å²) in [5, 5.41) is 1.18. The van der Waals surface area contributed by atoms with Crippen LogP contribution in [0.25, 0.3) is 0 Å². The Hall–Kier alpha value is -1.22. The van der Waals surface area contributed by atoms with E-state index in [9.17, 15) is 0 Å². The van der Waals surface area contributed by atoms with Crippen LogP contribution < -0.4 is 10.6 Å². The number of fused-ring (bicyclic) bond motifs is 1. The monoisotopic (exact) mass is 320 g/mol. The van der Waals surface area contributed by atoms with Gasteiger partial charge < -0.3 is 10.6 Å². The van der Waals surface area contributed by atoms with Crippen LogP contribution in [0.2, 0.25) is 10.0 Å². The normalized spacial score (nSPS) is 18.7. The quantitative estimate of drug-likeness (QED) is 0.905. The van der Waals surface area contributed by atoms with Gasteiger partial charge in [-0.2, -0.15) is 0 Å². The molecule has 0 aromatic heterocycles. The van der Waals surface area contributed by atoms with Crippen molar-refractivity contribution in [1.29, 1.82) is 0 Å². The Morgan fingerprint density at radius 1 is 1.19 bits per heavy atom. The van der Waals surface area contributed by atoms with Crippen LogP contribution in [0.3, 0.4) is 0 Å². The molecule has 0 radical (unpaired) electrons. The molecule has 1 aliphatic rings. The minimum atomic E-state index is 0.0369. The zero-order valence-corrected chi connectivity index (χ0v) is 13.4. The zero-order chi connectivity index (χ0) is 15.0. The molecule has 0 saturated heterocycles. The van der Waals surface area contributed by atoms with Crippen molar-refractivity contribution >= 4 is 28.9 Å². The van der Waals surface area contributed by atoms with Crippen molar-refractivity contribution in [2.24, 2.45) is 5.73 Å². The highest BCUT2D eigenvalue weighted by atomic mass is 35.5. The molecule has 110 valence electrons. The molecule has 0 amide bonds. The van der Waals surface area contributed by atoms with E-state index >= 15 is 0 Å². The van der Waals surface area contributed by atoms with Crippen molar-refractivity contribution in [2.75, 3.05) is 11.4 Å². The maximum Gasteiger partial charge on any atom is 0.0683 e. The largest absolute Gasteiger partial charge is 0.360 e. The first-order valence-corrected chi connectivity index (χ1v) is 7.89. The lowest BCUT2D eigenvalue weighted by molar-refractivity contribution is 0.569. The van der Waals surface area contributed by atoms with Crippen LogP contribution in [-0.2, 0) is 6.42 Å². The molecule has 1 heterocycles. The smallest absolute Gasteiger partial charge is 0.0683 e. The summed E-state index contributed by atoms with van der Waals surface area (Å²) in [6.07, 6.45) is 1.03. The second-order valence-electron chi connectivity index (χ2n) is 5.48. The Balaban J connectivity index is 2.06. The van der Waals surface area contributed by atoms with Crippen LogP contribution in [-0.4, -0.2) is 12.6 Å². The first-order chi connectivity index (χ1) is 10.1. The number of anilines is 1. The number of benzene rings is 2. The van der Waals surface area contributed by atoms with Crippen LogP contribution in [0.1, 0.15) is 24.1 Å². The van der Waals surface area contributed by atoms with E-state index < -0.39 is 0 Å². The number of nitrogens with zero attached hydrogens (tertiary/aromatic N) is 1. The molecule has 1 aliphatic heterocycles. The van der Waals surface area contributed by atoms with Gasteiger partial charge in [0.15, 0.2) is 0 Å². The van der Waals surface area contributed by atoms with E-state index in [-0.39, 0.29) is 6.04 Å². The third kappa shape index (κ3) is 2.52. The molecular weight excluding hydrogens is 303 g/mol. The predicted molar refractivity (Wildman–Crippen MR) is 90.3 cm³/mol. The Morgan fingerprint density at radius 3 is 2.71 bits per heavy atom. The fourth-order valence-electron chi connectivity index (χ4n) is 3.23. The summed E-state index contributed by atoms with van der Waals surface area (Å²) < 4.78 is 0. The maximum absolute atomic E-state index is 6.41. The van der Waals surface area contributed by atoms with Gasteiger partial charge >= 0.3 is 0 Å². The predicted octanol–water partition coefficient (Wildman–Crippen LogP) is 4.44. The second kappa shape index (κ2) is 5.88. The highest BCUT2D eigenvalue weighted by Gasteiger charge is 2.32. The summed E-state index contributed by atoms with van der Waals surface area (Å²) in [5.41, 5.74) is 9.68. The standard InChI is InChI=1S/C17H18Cl2N2/c1-11-9-12-5-2-3-8-15(12)21(11)16(10-20)13-6-4-7-14(18)17(13)19/h2-8,11,16H,9-10,20H2,1H3. The Morgan fingerprint density at radius 2 is 1.95 bits per heavy atom. The number of hydrogen-bond acceptors (Lipinski definition) is 2. The van der Waals surface area contributed by atoms with Crippen molar-refractivity contribution in [1.82, 2.24) is 0 Å². The SMILES string of the molecule is CC1Cc2ccccc2N1C(CN)c1cccc(Cl)c1Cl. The van der Waals surface area contributed by atoms with Gasteiger partial charge in [-0.1, -0.05) is 53.5 Å². The van der Waals surface area contributed by atoms with Crippen molar-refractivity contribution in [2.45, 2.75) is 25.4 Å². The highest BCUT2D eigenvalue weighted by Crippen LogP contribution is 2.41. The molecule has 0 fully saturated rings. The van der Waals surface area contributed by atoms with E-state index in [2.05, 4.69) is 36.1 Å². The van der Waals surface area contributed by atoms with Gasteiger partial charge in [-0.3, -0.25) is 0 Å².